The van der Waals surface area contributed by atoms with Gasteiger partial charge in [-0.15, -0.1) is 0 Å². The molecule has 1 aliphatic heterocycles. The van der Waals surface area contributed by atoms with Crippen LogP contribution in [0.5, 0.6) is 0 Å². The topological polar surface area (TPSA) is 122 Å². The van der Waals surface area contributed by atoms with Gasteiger partial charge in [0, 0.05) is 12.6 Å². The van der Waals surface area contributed by atoms with Gasteiger partial charge in [-0.25, -0.2) is 0 Å². The SMILES string of the molecule is Cc1cc(C2CCCN2c2ccc(C(F)(F)F)cc2N)on1.N.O. The molecule has 1 saturated heterocycles. The molecule has 7 N–H and O–H groups in total. The number of nitrogen functional groups attached to an aromatic ring is 1. The van der Waals surface area contributed by atoms with Gasteiger partial charge in [-0.3, -0.25) is 0 Å². The zero-order valence-electron chi connectivity index (χ0n) is 13.2. The number of hydrogen-bond acceptors (Lipinski definition) is 5. The minimum absolute atomic E-state index is 0. The maximum atomic E-state index is 12.7. The molecule has 1 aromatic carbocycles. The van der Waals surface area contributed by atoms with E-state index in [1.165, 1.54) is 6.07 Å². The van der Waals surface area contributed by atoms with Gasteiger partial charge in [-0.2, -0.15) is 13.2 Å². The quantitative estimate of drug-likeness (QED) is 0.808. The molecule has 0 aliphatic carbocycles. The van der Waals surface area contributed by atoms with Crippen molar-refractivity contribution in [3.63, 3.8) is 0 Å². The zero-order chi connectivity index (χ0) is 15.9. The molecule has 1 unspecified atom stereocenters. The van der Waals surface area contributed by atoms with Crippen molar-refractivity contribution in [1.82, 2.24) is 11.3 Å². The first-order valence-electron chi connectivity index (χ1n) is 7.03. The predicted octanol–water partition coefficient (Wildman–Crippen LogP) is 3.26. The van der Waals surface area contributed by atoms with Crippen molar-refractivity contribution in [2.75, 3.05) is 17.2 Å². The minimum Gasteiger partial charge on any atom is -0.412 e. The number of nitrogens with zero attached hydrogens (tertiary/aromatic N) is 2. The van der Waals surface area contributed by atoms with Gasteiger partial charge in [0.25, 0.3) is 0 Å². The van der Waals surface area contributed by atoms with Crippen LogP contribution in [-0.2, 0) is 6.18 Å². The fraction of sp³-hybridized carbons (Fsp3) is 0.400. The Hall–Kier alpha value is -2.26. The van der Waals surface area contributed by atoms with Crippen LogP contribution in [0.4, 0.5) is 24.5 Å². The molecule has 24 heavy (non-hydrogen) atoms. The molecule has 1 aromatic heterocycles. The maximum absolute atomic E-state index is 12.7. The van der Waals surface area contributed by atoms with Gasteiger partial charge in [-0.1, -0.05) is 5.16 Å². The summed E-state index contributed by atoms with van der Waals surface area (Å²) in [5.74, 6) is 0.717. The van der Waals surface area contributed by atoms with Gasteiger partial charge in [0.05, 0.1) is 28.7 Å². The van der Waals surface area contributed by atoms with Gasteiger partial charge < -0.3 is 26.8 Å². The second kappa shape index (κ2) is 7.10. The first-order valence-corrected chi connectivity index (χ1v) is 7.03. The highest BCUT2D eigenvalue weighted by Gasteiger charge is 2.33. The molecule has 1 aliphatic rings. The van der Waals surface area contributed by atoms with Gasteiger partial charge in [0.1, 0.15) is 0 Å². The van der Waals surface area contributed by atoms with E-state index in [1.807, 2.05) is 17.9 Å². The van der Waals surface area contributed by atoms with E-state index in [-0.39, 0.29) is 23.4 Å². The lowest BCUT2D eigenvalue weighted by atomic mass is 10.1. The molecular formula is C15H21F3N4O2. The maximum Gasteiger partial charge on any atom is 0.416 e. The largest absolute Gasteiger partial charge is 0.416 e. The molecule has 1 fully saturated rings. The molecule has 0 bridgehead atoms. The summed E-state index contributed by atoms with van der Waals surface area (Å²) < 4.78 is 43.5. The standard InChI is InChI=1S/C15H16F3N3O.H3N.H2O/c1-9-7-14(22-20-9)13-3-2-6-21(13)12-5-4-10(8-11(12)19)15(16,17)18;;/h4-5,7-8,13H,2-3,6,19H2,1H3;1H3;1H2. The van der Waals surface area contributed by atoms with Crippen molar-refractivity contribution in [3.05, 3.63) is 41.3 Å². The molecule has 0 saturated carbocycles. The van der Waals surface area contributed by atoms with E-state index in [0.717, 1.165) is 37.2 Å². The highest BCUT2D eigenvalue weighted by molar-refractivity contribution is 5.69. The Labute approximate surface area is 137 Å². The third-order valence-electron chi connectivity index (χ3n) is 3.89. The normalized spacial score (nSPS) is 17.3. The number of hydrogen-bond donors (Lipinski definition) is 2. The van der Waals surface area contributed by atoms with Crippen LogP contribution >= 0.6 is 0 Å². The Morgan fingerprint density at radius 1 is 1.29 bits per heavy atom. The lowest BCUT2D eigenvalue weighted by molar-refractivity contribution is -0.137. The highest BCUT2D eigenvalue weighted by Crippen LogP contribution is 2.41. The van der Waals surface area contributed by atoms with Crippen LogP contribution in [0.2, 0.25) is 0 Å². The van der Waals surface area contributed by atoms with Crippen LogP contribution < -0.4 is 16.8 Å². The Morgan fingerprint density at radius 2 is 2.00 bits per heavy atom. The molecule has 2 aromatic rings. The highest BCUT2D eigenvalue weighted by atomic mass is 19.4. The molecule has 134 valence electrons. The number of nitrogens with two attached hydrogens (primary N) is 1. The lowest BCUT2D eigenvalue weighted by Crippen LogP contribution is -2.23. The fourth-order valence-corrected chi connectivity index (χ4v) is 2.88. The van der Waals surface area contributed by atoms with Crippen molar-refractivity contribution >= 4 is 11.4 Å². The van der Waals surface area contributed by atoms with E-state index in [1.54, 1.807) is 0 Å². The van der Waals surface area contributed by atoms with Crippen molar-refractivity contribution in [1.29, 1.82) is 0 Å². The fourth-order valence-electron chi connectivity index (χ4n) is 2.88. The Balaban J connectivity index is 0.00000144. The lowest BCUT2D eigenvalue weighted by Gasteiger charge is -2.26. The molecule has 0 amide bonds. The van der Waals surface area contributed by atoms with Crippen LogP contribution in [0.1, 0.15) is 35.9 Å². The number of alkyl halides is 3. The number of halogens is 3. The molecule has 1 atom stereocenters. The number of anilines is 2. The van der Waals surface area contributed by atoms with Crippen molar-refractivity contribution in [2.24, 2.45) is 0 Å². The van der Waals surface area contributed by atoms with Gasteiger partial charge in [0.15, 0.2) is 5.76 Å². The summed E-state index contributed by atoms with van der Waals surface area (Å²) in [6.45, 7) is 2.55. The molecule has 3 rings (SSSR count). The van der Waals surface area contributed by atoms with E-state index >= 15 is 0 Å². The Kier molecular flexibility index (Phi) is 5.85. The third-order valence-corrected chi connectivity index (χ3v) is 3.89. The van der Waals surface area contributed by atoms with Crippen LogP contribution in [0, 0.1) is 6.92 Å². The predicted molar refractivity (Wildman–Crippen MR) is 85.1 cm³/mol. The average Bonchev–Trinajstić information content (AvgIpc) is 3.06. The molecular weight excluding hydrogens is 325 g/mol. The van der Waals surface area contributed by atoms with Gasteiger partial charge >= 0.3 is 6.18 Å². The Morgan fingerprint density at radius 3 is 2.54 bits per heavy atom. The molecule has 6 nitrogen and oxygen atoms in total. The summed E-state index contributed by atoms with van der Waals surface area (Å²) >= 11 is 0. The van der Waals surface area contributed by atoms with E-state index in [0.29, 0.717) is 11.4 Å². The molecule has 0 radical (unpaired) electrons. The first-order chi connectivity index (χ1) is 10.4. The second-order valence-corrected chi connectivity index (χ2v) is 5.49. The minimum atomic E-state index is -4.39. The van der Waals surface area contributed by atoms with Crippen molar-refractivity contribution in [3.8, 4) is 0 Å². The average molecular weight is 346 g/mol. The summed E-state index contributed by atoms with van der Waals surface area (Å²) in [6.07, 6.45) is -2.61. The van der Waals surface area contributed by atoms with Crippen molar-refractivity contribution < 1.29 is 23.2 Å². The molecule has 0 spiro atoms. The van der Waals surface area contributed by atoms with E-state index in [2.05, 4.69) is 5.16 Å². The third kappa shape index (κ3) is 3.62. The number of aryl methyl sites for hydroxylation is 1. The summed E-state index contributed by atoms with van der Waals surface area (Å²) in [5.41, 5.74) is 6.62. The van der Waals surface area contributed by atoms with Crippen LogP contribution in [0.15, 0.2) is 28.8 Å². The summed E-state index contributed by atoms with van der Waals surface area (Å²) in [7, 11) is 0. The van der Waals surface area contributed by atoms with Crippen LogP contribution in [0.3, 0.4) is 0 Å². The zero-order valence-corrected chi connectivity index (χ0v) is 13.2. The number of rotatable bonds is 2. The smallest absolute Gasteiger partial charge is 0.412 e. The summed E-state index contributed by atoms with van der Waals surface area (Å²) in [4.78, 5) is 1.98. The van der Waals surface area contributed by atoms with E-state index < -0.39 is 11.7 Å². The first kappa shape index (κ1) is 19.8. The second-order valence-electron chi connectivity index (χ2n) is 5.49. The number of aromatic nitrogens is 1. The van der Waals surface area contributed by atoms with Gasteiger partial charge in [0.2, 0.25) is 0 Å². The van der Waals surface area contributed by atoms with Crippen LogP contribution in [-0.4, -0.2) is 17.2 Å². The molecule has 2 heterocycles. The molecule has 9 heteroatoms. The van der Waals surface area contributed by atoms with E-state index in [9.17, 15) is 13.2 Å². The monoisotopic (exact) mass is 346 g/mol. The summed E-state index contributed by atoms with van der Waals surface area (Å²) in [6, 6.07) is 5.28. The van der Waals surface area contributed by atoms with Gasteiger partial charge in [-0.05, 0) is 38.0 Å². The van der Waals surface area contributed by atoms with E-state index in [4.69, 9.17) is 10.3 Å². The van der Waals surface area contributed by atoms with Crippen molar-refractivity contribution in [2.45, 2.75) is 32.0 Å². The number of benzene rings is 1. The summed E-state index contributed by atoms with van der Waals surface area (Å²) in [5, 5.41) is 3.88. The van der Waals surface area contributed by atoms with Crippen LogP contribution in [0.25, 0.3) is 0 Å². The Bertz CT molecular complexity index is 688.